The zero-order chi connectivity index (χ0) is 21.6. The van der Waals surface area contributed by atoms with Crippen LogP contribution in [0.2, 0.25) is 5.02 Å². The second kappa shape index (κ2) is 7.94. The van der Waals surface area contributed by atoms with Crippen LogP contribution < -0.4 is 5.32 Å². The lowest BCUT2D eigenvalue weighted by Crippen LogP contribution is -2.47. The van der Waals surface area contributed by atoms with E-state index in [0.717, 1.165) is 24.2 Å². The van der Waals surface area contributed by atoms with Gasteiger partial charge in [-0.25, -0.2) is 9.78 Å². The summed E-state index contributed by atoms with van der Waals surface area (Å²) in [6.45, 7) is 0.652. The van der Waals surface area contributed by atoms with Crippen molar-refractivity contribution in [1.82, 2.24) is 10.3 Å². The third-order valence-electron chi connectivity index (χ3n) is 7.64. The van der Waals surface area contributed by atoms with Gasteiger partial charge in [-0.2, -0.15) is 0 Å². The van der Waals surface area contributed by atoms with Crippen LogP contribution in [0.25, 0.3) is 11.1 Å². The van der Waals surface area contributed by atoms with Crippen LogP contribution in [-0.4, -0.2) is 28.5 Å². The zero-order valence-electron chi connectivity index (χ0n) is 17.4. The van der Waals surface area contributed by atoms with Crippen molar-refractivity contribution in [2.24, 2.45) is 23.2 Å². The number of hydrogen-bond donors (Lipinski definition) is 2. The van der Waals surface area contributed by atoms with Gasteiger partial charge in [0, 0.05) is 18.3 Å². The van der Waals surface area contributed by atoms with Crippen LogP contribution in [0.4, 0.5) is 0 Å². The summed E-state index contributed by atoms with van der Waals surface area (Å²) >= 11 is 6.32. The molecule has 4 bridgehead atoms. The maximum absolute atomic E-state index is 12.9. The van der Waals surface area contributed by atoms with Gasteiger partial charge >= 0.3 is 5.97 Å². The Morgan fingerprint density at radius 1 is 1.10 bits per heavy atom. The predicted molar refractivity (Wildman–Crippen MR) is 119 cm³/mol. The lowest BCUT2D eigenvalue weighted by molar-refractivity contribution is -0.0564. The molecule has 5 nitrogen and oxygen atoms in total. The van der Waals surface area contributed by atoms with Gasteiger partial charge in [0.15, 0.2) is 5.69 Å². The molecule has 0 spiro atoms. The number of amides is 1. The van der Waals surface area contributed by atoms with E-state index in [1.807, 2.05) is 0 Å². The first-order valence-corrected chi connectivity index (χ1v) is 11.6. The van der Waals surface area contributed by atoms with E-state index in [-0.39, 0.29) is 11.6 Å². The van der Waals surface area contributed by atoms with Gasteiger partial charge in [0.1, 0.15) is 0 Å². The standard InChI is InChI=1S/C25H27ClN2O3/c26-21-4-3-18(19-2-1-6-27-22(19)24(30)31)11-20(21)23(29)28-7-5-25-12-15-8-16(13-25)10-17(9-15)14-25/h1-4,6,11,15-17H,5,7-10,12-14H2,(H,28,29)(H,30,31). The van der Waals surface area contributed by atoms with Crippen molar-refractivity contribution in [2.45, 2.75) is 44.9 Å². The quantitative estimate of drug-likeness (QED) is 0.629. The first-order chi connectivity index (χ1) is 14.9. The topological polar surface area (TPSA) is 79.3 Å². The summed E-state index contributed by atoms with van der Waals surface area (Å²) in [4.78, 5) is 28.4. The van der Waals surface area contributed by atoms with E-state index in [1.165, 1.54) is 44.7 Å². The van der Waals surface area contributed by atoms with E-state index >= 15 is 0 Å². The van der Waals surface area contributed by atoms with Crippen molar-refractivity contribution in [3.05, 3.63) is 52.8 Å². The summed E-state index contributed by atoms with van der Waals surface area (Å²) in [6, 6.07) is 8.39. The first kappa shape index (κ1) is 20.5. The molecule has 0 saturated heterocycles. The fourth-order valence-corrected chi connectivity index (χ4v) is 7.01. The van der Waals surface area contributed by atoms with Gasteiger partial charge in [0.05, 0.1) is 10.6 Å². The maximum Gasteiger partial charge on any atom is 0.355 e. The van der Waals surface area contributed by atoms with E-state index in [2.05, 4.69) is 10.3 Å². The SMILES string of the molecule is O=C(NCCC12CC3CC(CC(C3)C1)C2)c1cc(-c2cccnc2C(=O)O)ccc1Cl. The number of aromatic carboxylic acids is 1. The molecule has 6 heteroatoms. The summed E-state index contributed by atoms with van der Waals surface area (Å²) in [5, 5.41) is 12.9. The van der Waals surface area contributed by atoms with Gasteiger partial charge < -0.3 is 10.4 Å². The Morgan fingerprint density at radius 2 is 1.77 bits per heavy atom. The molecule has 4 saturated carbocycles. The molecule has 1 heterocycles. The molecule has 4 aliphatic rings. The van der Waals surface area contributed by atoms with Gasteiger partial charge in [0.2, 0.25) is 0 Å². The molecule has 0 aliphatic heterocycles. The summed E-state index contributed by atoms with van der Waals surface area (Å²) in [7, 11) is 0. The number of carboxylic acid groups (broad SMARTS) is 1. The summed E-state index contributed by atoms with van der Waals surface area (Å²) in [5.41, 5.74) is 1.82. The molecule has 4 aliphatic carbocycles. The molecule has 1 aromatic heterocycles. The van der Waals surface area contributed by atoms with Crippen LogP contribution in [0.15, 0.2) is 36.5 Å². The first-order valence-electron chi connectivity index (χ1n) is 11.2. The molecule has 0 atom stereocenters. The average Bonchev–Trinajstić information content (AvgIpc) is 2.73. The van der Waals surface area contributed by atoms with Gasteiger partial charge in [-0.15, -0.1) is 0 Å². The fourth-order valence-electron chi connectivity index (χ4n) is 6.81. The van der Waals surface area contributed by atoms with Crippen LogP contribution >= 0.6 is 11.6 Å². The van der Waals surface area contributed by atoms with E-state index in [1.54, 1.807) is 30.3 Å². The van der Waals surface area contributed by atoms with E-state index < -0.39 is 5.97 Å². The number of carbonyl (C=O) groups is 2. The highest BCUT2D eigenvalue weighted by Crippen LogP contribution is 2.61. The fraction of sp³-hybridized carbons (Fsp3) is 0.480. The number of hydrogen-bond acceptors (Lipinski definition) is 3. The zero-order valence-corrected chi connectivity index (χ0v) is 18.2. The second-order valence-electron chi connectivity index (χ2n) is 9.82. The van der Waals surface area contributed by atoms with Crippen LogP contribution in [0.5, 0.6) is 0 Å². The molecule has 0 unspecified atom stereocenters. The molecular weight excluding hydrogens is 412 g/mol. The third kappa shape index (κ3) is 3.96. The summed E-state index contributed by atoms with van der Waals surface area (Å²) in [6.07, 6.45) is 10.7. The smallest absolute Gasteiger partial charge is 0.355 e. The van der Waals surface area contributed by atoms with Crippen LogP contribution in [0, 0.1) is 23.2 Å². The monoisotopic (exact) mass is 438 g/mol. The Morgan fingerprint density at radius 3 is 2.42 bits per heavy atom. The summed E-state index contributed by atoms with van der Waals surface area (Å²) in [5.74, 6) is 1.38. The Labute approximate surface area is 187 Å². The molecular formula is C25H27ClN2O3. The van der Waals surface area contributed by atoms with Gasteiger partial charge in [-0.05, 0) is 91.9 Å². The number of benzene rings is 1. The minimum absolute atomic E-state index is 0.0435. The van der Waals surface area contributed by atoms with Crippen molar-refractivity contribution in [3.63, 3.8) is 0 Å². The molecule has 6 rings (SSSR count). The molecule has 0 radical (unpaired) electrons. The van der Waals surface area contributed by atoms with Crippen molar-refractivity contribution in [2.75, 3.05) is 6.54 Å². The molecule has 2 aromatic rings. The predicted octanol–water partition coefficient (Wildman–Crippen LogP) is 5.44. The van der Waals surface area contributed by atoms with Gasteiger partial charge in [0.25, 0.3) is 5.91 Å². The molecule has 162 valence electrons. The normalized spacial score (nSPS) is 28.5. The lowest BCUT2D eigenvalue weighted by Gasteiger charge is -2.57. The number of halogens is 1. The van der Waals surface area contributed by atoms with E-state index in [9.17, 15) is 14.7 Å². The highest BCUT2D eigenvalue weighted by molar-refractivity contribution is 6.34. The largest absolute Gasteiger partial charge is 0.476 e. The van der Waals surface area contributed by atoms with Crippen LogP contribution in [0.3, 0.4) is 0 Å². The number of nitrogens with zero attached hydrogens (tertiary/aromatic N) is 1. The van der Waals surface area contributed by atoms with Crippen molar-refractivity contribution in [1.29, 1.82) is 0 Å². The maximum atomic E-state index is 12.9. The van der Waals surface area contributed by atoms with Crippen molar-refractivity contribution >= 4 is 23.5 Å². The molecule has 2 N–H and O–H groups in total. The highest BCUT2D eigenvalue weighted by atomic mass is 35.5. The number of aromatic nitrogens is 1. The minimum Gasteiger partial charge on any atom is -0.476 e. The summed E-state index contributed by atoms with van der Waals surface area (Å²) < 4.78 is 0. The van der Waals surface area contributed by atoms with Crippen LogP contribution in [0.1, 0.15) is 65.8 Å². The van der Waals surface area contributed by atoms with E-state index in [4.69, 9.17) is 11.6 Å². The average molecular weight is 439 g/mol. The Hall–Kier alpha value is -2.40. The number of pyridine rings is 1. The number of carboxylic acids is 1. The van der Waals surface area contributed by atoms with E-state index in [0.29, 0.717) is 33.7 Å². The number of nitrogens with one attached hydrogen (secondary N) is 1. The number of carbonyl (C=O) groups excluding carboxylic acids is 1. The third-order valence-corrected chi connectivity index (χ3v) is 7.97. The lowest BCUT2D eigenvalue weighted by atomic mass is 9.49. The Kier molecular flexibility index (Phi) is 5.25. The van der Waals surface area contributed by atoms with Crippen molar-refractivity contribution in [3.8, 4) is 11.1 Å². The Balaban J connectivity index is 1.29. The number of rotatable bonds is 6. The molecule has 1 aromatic carbocycles. The van der Waals surface area contributed by atoms with Crippen LogP contribution in [-0.2, 0) is 0 Å². The molecule has 1 amide bonds. The van der Waals surface area contributed by atoms with Gasteiger partial charge in [-0.1, -0.05) is 23.7 Å². The second-order valence-corrected chi connectivity index (χ2v) is 10.2. The highest BCUT2D eigenvalue weighted by Gasteiger charge is 2.50. The van der Waals surface area contributed by atoms with Crippen molar-refractivity contribution < 1.29 is 14.7 Å². The van der Waals surface area contributed by atoms with Gasteiger partial charge in [-0.3, -0.25) is 4.79 Å². The Bertz CT molecular complexity index is 1000. The molecule has 31 heavy (non-hydrogen) atoms. The minimum atomic E-state index is -1.10. The molecule has 4 fully saturated rings.